The van der Waals surface area contributed by atoms with E-state index in [2.05, 4.69) is 57.0 Å². The van der Waals surface area contributed by atoms with Crippen molar-refractivity contribution in [3.05, 3.63) is 35.4 Å². The Bertz CT molecular complexity index is 322. The molecule has 0 saturated carbocycles. The third kappa shape index (κ3) is 5.85. The fraction of sp³-hybridized carbons (Fsp3) is 0.600. The minimum Gasteiger partial charge on any atom is -0.326 e. The van der Waals surface area contributed by atoms with Crippen molar-refractivity contribution in [1.29, 1.82) is 0 Å². The smallest absolute Gasteiger partial charge is 0.0230 e. The fourth-order valence-corrected chi connectivity index (χ4v) is 1.75. The van der Waals surface area contributed by atoms with Gasteiger partial charge in [-0.3, -0.25) is 0 Å². The molecule has 0 saturated heterocycles. The lowest BCUT2D eigenvalue weighted by Crippen LogP contribution is -2.36. The van der Waals surface area contributed by atoms with Crippen LogP contribution in [0.15, 0.2) is 24.3 Å². The summed E-state index contributed by atoms with van der Waals surface area (Å²) >= 11 is 0. The molecule has 1 aromatic rings. The van der Waals surface area contributed by atoms with Gasteiger partial charge in [0, 0.05) is 12.1 Å². The predicted molar refractivity (Wildman–Crippen MR) is 75.0 cm³/mol. The topological polar surface area (TPSA) is 29.3 Å². The van der Waals surface area contributed by atoms with Crippen molar-refractivity contribution in [3.8, 4) is 0 Å². The van der Waals surface area contributed by atoms with Crippen LogP contribution in [-0.2, 0) is 13.0 Å². The molecule has 0 radical (unpaired) electrons. The van der Waals surface area contributed by atoms with Crippen LogP contribution in [0.5, 0.6) is 0 Å². The maximum Gasteiger partial charge on any atom is 0.0230 e. The highest BCUT2D eigenvalue weighted by Gasteiger charge is 2.11. The molecule has 0 heterocycles. The number of rotatable bonds is 6. The Hall–Kier alpha value is -0.860. The Balaban J connectivity index is 2.42. The summed E-state index contributed by atoms with van der Waals surface area (Å²) in [5.41, 5.74) is 8.70. The number of nitrogens with zero attached hydrogens (tertiary/aromatic N) is 1. The van der Waals surface area contributed by atoms with Crippen molar-refractivity contribution < 1.29 is 0 Å². The average molecular weight is 234 g/mol. The Morgan fingerprint density at radius 3 is 2.12 bits per heavy atom. The summed E-state index contributed by atoms with van der Waals surface area (Å²) in [4.78, 5) is 2.33. The van der Waals surface area contributed by atoms with Crippen molar-refractivity contribution in [2.24, 2.45) is 5.73 Å². The standard InChI is InChI=1S/C15H26N2/c1-5-13-6-8-14(9-7-13)12-17(4)11-10-15(2,3)16/h6-9H,5,10-12,16H2,1-4H3. The molecule has 0 aliphatic carbocycles. The van der Waals surface area contributed by atoms with Crippen LogP contribution in [0.2, 0.25) is 0 Å². The minimum absolute atomic E-state index is 0.0691. The average Bonchev–Trinajstić information content (AvgIpc) is 2.27. The molecule has 2 heteroatoms. The number of hydrogen-bond acceptors (Lipinski definition) is 2. The molecule has 0 spiro atoms. The second kappa shape index (κ2) is 6.18. The van der Waals surface area contributed by atoms with Crippen molar-refractivity contribution >= 4 is 0 Å². The normalized spacial score (nSPS) is 12.1. The van der Waals surface area contributed by atoms with E-state index in [0.29, 0.717) is 0 Å². The van der Waals surface area contributed by atoms with E-state index in [1.54, 1.807) is 0 Å². The van der Waals surface area contributed by atoms with Crippen molar-refractivity contribution in [2.45, 2.75) is 45.7 Å². The first-order valence-electron chi connectivity index (χ1n) is 6.46. The quantitative estimate of drug-likeness (QED) is 0.820. The van der Waals surface area contributed by atoms with Crippen molar-refractivity contribution in [3.63, 3.8) is 0 Å². The van der Waals surface area contributed by atoms with Gasteiger partial charge in [0.15, 0.2) is 0 Å². The summed E-state index contributed by atoms with van der Waals surface area (Å²) in [6, 6.07) is 8.89. The van der Waals surface area contributed by atoms with E-state index in [0.717, 1.165) is 25.9 Å². The van der Waals surface area contributed by atoms with E-state index in [1.165, 1.54) is 11.1 Å². The zero-order chi connectivity index (χ0) is 12.9. The van der Waals surface area contributed by atoms with Crippen LogP contribution < -0.4 is 5.73 Å². The highest BCUT2D eigenvalue weighted by atomic mass is 15.1. The van der Waals surface area contributed by atoms with Crippen LogP contribution in [0.4, 0.5) is 0 Å². The lowest BCUT2D eigenvalue weighted by Gasteiger charge is -2.23. The van der Waals surface area contributed by atoms with E-state index in [9.17, 15) is 0 Å². The summed E-state index contributed by atoms with van der Waals surface area (Å²) in [6.07, 6.45) is 2.13. The first-order chi connectivity index (χ1) is 7.90. The molecule has 0 fully saturated rings. The van der Waals surface area contributed by atoms with Crippen LogP contribution in [0.1, 0.15) is 38.3 Å². The van der Waals surface area contributed by atoms with Crippen LogP contribution in [0.25, 0.3) is 0 Å². The van der Waals surface area contributed by atoms with E-state index in [1.807, 2.05) is 0 Å². The molecule has 0 bridgehead atoms. The third-order valence-electron chi connectivity index (χ3n) is 3.02. The lowest BCUT2D eigenvalue weighted by atomic mass is 10.0. The Morgan fingerprint density at radius 2 is 1.65 bits per heavy atom. The van der Waals surface area contributed by atoms with Crippen molar-refractivity contribution in [2.75, 3.05) is 13.6 Å². The molecule has 0 atom stereocenters. The monoisotopic (exact) mass is 234 g/mol. The van der Waals surface area contributed by atoms with Gasteiger partial charge in [-0.25, -0.2) is 0 Å². The predicted octanol–water partition coefficient (Wildman–Crippen LogP) is 2.81. The Morgan fingerprint density at radius 1 is 1.12 bits per heavy atom. The largest absolute Gasteiger partial charge is 0.326 e. The van der Waals surface area contributed by atoms with Crippen LogP contribution in [0, 0.1) is 0 Å². The van der Waals surface area contributed by atoms with E-state index < -0.39 is 0 Å². The molecular weight excluding hydrogens is 208 g/mol. The molecule has 2 nitrogen and oxygen atoms in total. The molecule has 0 aromatic heterocycles. The number of nitrogens with two attached hydrogens (primary N) is 1. The SMILES string of the molecule is CCc1ccc(CN(C)CCC(C)(C)N)cc1. The maximum absolute atomic E-state index is 5.99. The molecule has 1 aromatic carbocycles. The van der Waals surface area contributed by atoms with E-state index in [-0.39, 0.29) is 5.54 Å². The van der Waals surface area contributed by atoms with Gasteiger partial charge in [0.05, 0.1) is 0 Å². The van der Waals surface area contributed by atoms with Gasteiger partial charge in [-0.05, 0) is 51.4 Å². The zero-order valence-electron chi connectivity index (χ0n) is 11.7. The minimum atomic E-state index is -0.0691. The molecule has 0 aliphatic heterocycles. The zero-order valence-corrected chi connectivity index (χ0v) is 11.7. The molecule has 0 aliphatic rings. The molecule has 2 N–H and O–H groups in total. The van der Waals surface area contributed by atoms with Gasteiger partial charge in [-0.2, -0.15) is 0 Å². The summed E-state index contributed by atoms with van der Waals surface area (Å²) in [6.45, 7) is 8.39. The molecular formula is C15H26N2. The first-order valence-corrected chi connectivity index (χ1v) is 6.46. The molecule has 0 unspecified atom stereocenters. The molecule has 0 amide bonds. The lowest BCUT2D eigenvalue weighted by molar-refractivity contribution is 0.289. The van der Waals surface area contributed by atoms with Gasteiger partial charge in [0.1, 0.15) is 0 Å². The van der Waals surface area contributed by atoms with E-state index in [4.69, 9.17) is 5.73 Å². The van der Waals surface area contributed by atoms with Gasteiger partial charge in [0.25, 0.3) is 0 Å². The second-order valence-electron chi connectivity index (χ2n) is 5.65. The number of benzene rings is 1. The summed E-state index contributed by atoms with van der Waals surface area (Å²) in [5, 5.41) is 0. The first kappa shape index (κ1) is 14.2. The van der Waals surface area contributed by atoms with Gasteiger partial charge >= 0.3 is 0 Å². The summed E-state index contributed by atoms with van der Waals surface area (Å²) in [7, 11) is 2.15. The van der Waals surface area contributed by atoms with Gasteiger partial charge in [-0.15, -0.1) is 0 Å². The number of hydrogen-bond donors (Lipinski definition) is 1. The van der Waals surface area contributed by atoms with Gasteiger partial charge in [0.2, 0.25) is 0 Å². The van der Waals surface area contributed by atoms with Gasteiger partial charge in [-0.1, -0.05) is 31.2 Å². The molecule has 96 valence electrons. The Labute approximate surface area is 106 Å². The Kier molecular flexibility index (Phi) is 5.16. The molecule has 1 rings (SSSR count). The highest BCUT2D eigenvalue weighted by Crippen LogP contribution is 2.09. The third-order valence-corrected chi connectivity index (χ3v) is 3.02. The van der Waals surface area contributed by atoms with Gasteiger partial charge < -0.3 is 10.6 Å². The van der Waals surface area contributed by atoms with Crippen molar-refractivity contribution in [1.82, 2.24) is 4.90 Å². The molecule has 17 heavy (non-hydrogen) atoms. The highest BCUT2D eigenvalue weighted by molar-refractivity contribution is 5.22. The van der Waals surface area contributed by atoms with Crippen LogP contribution in [-0.4, -0.2) is 24.0 Å². The maximum atomic E-state index is 5.99. The second-order valence-corrected chi connectivity index (χ2v) is 5.65. The summed E-state index contributed by atoms with van der Waals surface area (Å²) < 4.78 is 0. The van der Waals surface area contributed by atoms with Crippen LogP contribution in [0.3, 0.4) is 0 Å². The summed E-state index contributed by atoms with van der Waals surface area (Å²) in [5.74, 6) is 0. The fourth-order valence-electron chi connectivity index (χ4n) is 1.75. The van der Waals surface area contributed by atoms with Crippen LogP contribution >= 0.6 is 0 Å². The van der Waals surface area contributed by atoms with E-state index >= 15 is 0 Å². The number of aryl methyl sites for hydroxylation is 1.